The van der Waals surface area contributed by atoms with Crippen LogP contribution < -0.4 is 0 Å². The minimum absolute atomic E-state index is 0.00180. The smallest absolute Gasteiger partial charge is 0.148 e. The number of nitrogens with zero attached hydrogens (tertiary/aromatic N) is 3. The van der Waals surface area contributed by atoms with Gasteiger partial charge in [0.2, 0.25) is 0 Å². The molecule has 3 aromatic carbocycles. The number of imidazole rings is 1. The Morgan fingerprint density at radius 1 is 0.857 bits per heavy atom. The van der Waals surface area contributed by atoms with E-state index in [-0.39, 0.29) is 47.2 Å². The Hall–Kier alpha value is -3.20. The van der Waals surface area contributed by atoms with E-state index in [1.54, 1.807) is 24.3 Å². The third-order valence-corrected chi connectivity index (χ3v) is 10.7. The van der Waals surface area contributed by atoms with Crippen LogP contribution in [0.5, 0.6) is 0 Å². The number of rotatable bonds is 3. The summed E-state index contributed by atoms with van der Waals surface area (Å²) in [4.78, 5) is 10.3. The normalized spacial score (nSPS) is 20.4. The van der Waals surface area contributed by atoms with Crippen molar-refractivity contribution < 1.29 is 9.60 Å². The number of benzene rings is 3. The van der Waals surface area contributed by atoms with Crippen LogP contribution in [-0.4, -0.2) is 14.4 Å². The van der Waals surface area contributed by atoms with Crippen molar-refractivity contribution in [1.29, 1.82) is 0 Å². The molecule has 3 heteroatoms. The molecule has 0 radical (unpaired) electrons. The van der Waals surface area contributed by atoms with E-state index in [2.05, 4.69) is 81.4 Å². The lowest BCUT2D eigenvalue weighted by Gasteiger charge is -2.44. The molecule has 0 saturated heterocycles. The van der Waals surface area contributed by atoms with Gasteiger partial charge in [0.25, 0.3) is 0 Å². The number of aromatic nitrogens is 3. The van der Waals surface area contributed by atoms with Gasteiger partial charge in [-0.3, -0.25) is 4.40 Å². The maximum atomic E-state index is 9.81. The highest BCUT2D eigenvalue weighted by molar-refractivity contribution is 6.04. The molecule has 0 spiro atoms. The summed E-state index contributed by atoms with van der Waals surface area (Å²) in [6, 6.07) is 8.18. The van der Waals surface area contributed by atoms with Crippen LogP contribution in [0.15, 0.2) is 48.4 Å². The largest absolute Gasteiger partial charge is 0.279 e. The summed E-state index contributed by atoms with van der Waals surface area (Å²) in [6.07, 6.45) is 0. The van der Waals surface area contributed by atoms with E-state index in [1.165, 1.54) is 0 Å². The third kappa shape index (κ3) is 3.71. The molecule has 1 aliphatic carbocycles. The fourth-order valence-corrected chi connectivity index (χ4v) is 7.04. The van der Waals surface area contributed by atoms with Crippen molar-refractivity contribution in [2.45, 2.75) is 118 Å². The first-order valence-electron chi connectivity index (χ1n) is 18.8. The molecule has 3 nitrogen and oxygen atoms in total. The molecular formula is C39H49N3. The molecule has 220 valence electrons. The van der Waals surface area contributed by atoms with E-state index in [4.69, 9.17) is 15.5 Å². The predicted octanol–water partition coefficient (Wildman–Crippen LogP) is 10.8. The van der Waals surface area contributed by atoms with Gasteiger partial charge in [0, 0.05) is 20.5 Å². The SMILES string of the molecule is [2H]c1cc2c(nc(C(C)(C)C([2H])([2H])[2H])n3c2nc2c([2H])c4c(c([2H])c23)C(C)(C)C(C)(C)C4(C)C)c(-c2c(C(C)C)cccc2C(C)C)c1[2H]. The Bertz CT molecular complexity index is 2190. The Morgan fingerprint density at radius 3 is 2.02 bits per heavy atom. The zero-order valence-electron chi connectivity index (χ0n) is 34.3. The Balaban J connectivity index is 1.94. The molecule has 42 heavy (non-hydrogen) atoms. The lowest BCUT2D eigenvalue weighted by molar-refractivity contribution is 0.125. The molecule has 0 amide bonds. The highest BCUT2D eigenvalue weighted by atomic mass is 15.1. The molecule has 0 atom stereocenters. The molecule has 1 aliphatic rings. The van der Waals surface area contributed by atoms with E-state index in [0.717, 1.165) is 27.8 Å². The number of hydrogen-bond acceptors (Lipinski definition) is 2. The highest BCUT2D eigenvalue weighted by Gasteiger charge is 2.57. The van der Waals surface area contributed by atoms with Gasteiger partial charge < -0.3 is 0 Å². The molecule has 6 rings (SSSR count). The topological polar surface area (TPSA) is 30.2 Å². The average molecular weight is 567 g/mol. The maximum Gasteiger partial charge on any atom is 0.148 e. The van der Waals surface area contributed by atoms with Crippen LogP contribution in [-0.2, 0) is 16.2 Å². The van der Waals surface area contributed by atoms with E-state index in [0.29, 0.717) is 33.1 Å². The number of fused-ring (bicyclic) bond motifs is 6. The van der Waals surface area contributed by atoms with Gasteiger partial charge in [-0.15, -0.1) is 0 Å². The molecule has 2 heterocycles. The van der Waals surface area contributed by atoms with Crippen LogP contribution in [0.25, 0.3) is 38.7 Å². The van der Waals surface area contributed by atoms with Gasteiger partial charge in [-0.25, -0.2) is 9.97 Å². The van der Waals surface area contributed by atoms with Crippen molar-refractivity contribution >= 4 is 27.6 Å². The fraction of sp³-hybridized carbons (Fsp3) is 0.487. The monoisotopic (exact) mass is 566 g/mol. The summed E-state index contributed by atoms with van der Waals surface area (Å²) >= 11 is 0. The number of hydrogen-bond donors (Lipinski definition) is 0. The van der Waals surface area contributed by atoms with E-state index < -0.39 is 23.1 Å². The van der Waals surface area contributed by atoms with Gasteiger partial charge in [-0.05, 0) is 74.0 Å². The van der Waals surface area contributed by atoms with Gasteiger partial charge in [0.15, 0.2) is 0 Å². The van der Waals surface area contributed by atoms with E-state index in [9.17, 15) is 4.11 Å². The molecule has 0 saturated carbocycles. The molecule has 0 unspecified atom stereocenters. The summed E-state index contributed by atoms with van der Waals surface area (Å²) < 4.78 is 65.6. The fourth-order valence-electron chi connectivity index (χ4n) is 7.04. The van der Waals surface area contributed by atoms with Crippen LogP contribution >= 0.6 is 0 Å². The lowest BCUT2D eigenvalue weighted by atomic mass is 9.59. The van der Waals surface area contributed by atoms with Gasteiger partial charge >= 0.3 is 0 Å². The van der Waals surface area contributed by atoms with Crippen LogP contribution in [0.1, 0.15) is 139 Å². The second kappa shape index (κ2) is 8.91. The first kappa shape index (κ1) is 21.5. The Kier molecular flexibility index (Phi) is 4.56. The second-order valence-corrected chi connectivity index (χ2v) is 15.1. The van der Waals surface area contributed by atoms with Crippen molar-refractivity contribution in [3.63, 3.8) is 0 Å². The minimum atomic E-state index is -2.50. The van der Waals surface area contributed by atoms with Crippen LogP contribution in [0, 0.1) is 5.41 Å². The molecule has 0 fully saturated rings. The predicted molar refractivity (Wildman–Crippen MR) is 180 cm³/mol. The first-order valence-corrected chi connectivity index (χ1v) is 15.3. The van der Waals surface area contributed by atoms with Crippen LogP contribution in [0.2, 0.25) is 0 Å². The van der Waals surface area contributed by atoms with Crippen molar-refractivity contribution in [2.24, 2.45) is 5.41 Å². The molecule has 0 N–H and O–H groups in total. The molecule has 5 aromatic rings. The summed E-state index contributed by atoms with van der Waals surface area (Å²) in [7, 11) is 0. The highest BCUT2D eigenvalue weighted by Crippen LogP contribution is 2.62. The van der Waals surface area contributed by atoms with Crippen molar-refractivity contribution in [2.75, 3.05) is 0 Å². The zero-order valence-corrected chi connectivity index (χ0v) is 27.3. The summed E-state index contributed by atoms with van der Waals surface area (Å²) in [5.74, 6) is 0.388. The van der Waals surface area contributed by atoms with Crippen molar-refractivity contribution in [1.82, 2.24) is 14.4 Å². The summed E-state index contributed by atoms with van der Waals surface area (Å²) in [6.45, 7) is 22.1. The maximum absolute atomic E-state index is 9.81. The van der Waals surface area contributed by atoms with Gasteiger partial charge in [-0.2, -0.15) is 0 Å². The average Bonchev–Trinajstić information content (AvgIpc) is 3.43. The first-order chi connectivity index (χ1) is 22.3. The summed E-state index contributed by atoms with van der Waals surface area (Å²) in [5, 5.41) is 0.489. The van der Waals surface area contributed by atoms with E-state index >= 15 is 0 Å². The molecule has 0 bridgehead atoms. The molecule has 2 aromatic heterocycles. The van der Waals surface area contributed by atoms with Crippen LogP contribution in [0.3, 0.4) is 0 Å². The van der Waals surface area contributed by atoms with E-state index in [1.807, 2.05) is 6.07 Å². The third-order valence-electron chi connectivity index (χ3n) is 10.7. The number of para-hydroxylation sites is 1. The standard InChI is InChI=1S/C39H49N3/c1-22(2)24-16-14-17-25(23(3)4)32(24)26-18-15-19-27-33(26)41-35(36(5,6)7)42-31-21-29-28(20-30(31)40-34(27)42)37(8,9)39(12,13)38(29,10)11/h14-23H,1-13H3/i5D3,15D,18D,20D,21D. The summed E-state index contributed by atoms with van der Waals surface area (Å²) in [5.41, 5.74) is 3.56. The van der Waals surface area contributed by atoms with Crippen molar-refractivity contribution in [3.05, 3.63) is 76.5 Å². The Labute approximate surface area is 262 Å². The second-order valence-electron chi connectivity index (χ2n) is 15.1. The van der Waals surface area contributed by atoms with Crippen LogP contribution in [0.4, 0.5) is 0 Å². The van der Waals surface area contributed by atoms with Gasteiger partial charge in [-0.1, -0.05) is 120 Å². The zero-order chi connectivity index (χ0) is 36.7. The molecular weight excluding hydrogens is 510 g/mol. The molecule has 0 aliphatic heterocycles. The quantitative estimate of drug-likeness (QED) is 0.217. The lowest BCUT2D eigenvalue weighted by Crippen LogP contribution is -2.42. The minimum Gasteiger partial charge on any atom is -0.279 e. The van der Waals surface area contributed by atoms with Gasteiger partial charge in [0.05, 0.1) is 22.0 Å². The van der Waals surface area contributed by atoms with Crippen molar-refractivity contribution in [3.8, 4) is 11.1 Å². The Morgan fingerprint density at radius 2 is 1.45 bits per heavy atom. The van der Waals surface area contributed by atoms with Gasteiger partial charge in [0.1, 0.15) is 11.5 Å².